The van der Waals surface area contributed by atoms with Crippen molar-refractivity contribution in [2.75, 3.05) is 6.67 Å². The van der Waals surface area contributed by atoms with Gasteiger partial charge in [-0.25, -0.2) is 4.39 Å². The van der Waals surface area contributed by atoms with Crippen LogP contribution in [0.4, 0.5) is 4.39 Å². The van der Waals surface area contributed by atoms with E-state index in [1.165, 1.54) is 44.1 Å². The van der Waals surface area contributed by atoms with E-state index in [9.17, 15) is 9.50 Å². The predicted molar refractivity (Wildman–Crippen MR) is 87.2 cm³/mol. The lowest BCUT2D eigenvalue weighted by Crippen LogP contribution is -2.50. The first-order chi connectivity index (χ1) is 10.5. The molecule has 0 unspecified atom stereocenters. The lowest BCUT2D eigenvalue weighted by molar-refractivity contribution is -0.104. The minimum absolute atomic E-state index is 0.405. The first kappa shape index (κ1) is 15.2. The third-order valence-electron chi connectivity index (χ3n) is 8.31. The van der Waals surface area contributed by atoms with E-state index in [0.29, 0.717) is 24.2 Å². The number of alkyl halides is 1. The predicted octanol–water partition coefficient (Wildman–Crippen LogP) is 4.90. The van der Waals surface area contributed by atoms with Crippen molar-refractivity contribution in [1.82, 2.24) is 0 Å². The summed E-state index contributed by atoms with van der Waals surface area (Å²) in [5.41, 5.74) is 0.912. The Hall–Kier alpha value is -0.370. The average Bonchev–Trinajstić information content (AvgIpc) is 2.82. The van der Waals surface area contributed by atoms with Gasteiger partial charge in [-0.15, -0.1) is 0 Å². The van der Waals surface area contributed by atoms with Gasteiger partial charge in [0.2, 0.25) is 0 Å². The van der Waals surface area contributed by atoms with Gasteiger partial charge in [0.25, 0.3) is 0 Å². The van der Waals surface area contributed by atoms with Crippen LogP contribution in [0.5, 0.6) is 0 Å². The Morgan fingerprint density at radius 2 is 1.86 bits per heavy atom. The van der Waals surface area contributed by atoms with Gasteiger partial charge in [0.05, 0.1) is 5.60 Å². The van der Waals surface area contributed by atoms with E-state index in [0.717, 1.165) is 30.1 Å². The van der Waals surface area contributed by atoms with Gasteiger partial charge < -0.3 is 5.11 Å². The maximum Gasteiger partial charge on any atom is 0.118 e. The van der Waals surface area contributed by atoms with Crippen molar-refractivity contribution in [2.24, 2.45) is 35.0 Å². The Balaban J connectivity index is 1.55. The summed E-state index contributed by atoms with van der Waals surface area (Å²) in [5.74, 6) is 3.89. The largest absolute Gasteiger partial charge is 0.387 e. The van der Waals surface area contributed by atoms with Crippen LogP contribution in [0.3, 0.4) is 0 Å². The number of allylic oxidation sites excluding steroid dienone is 1. The fraction of sp³-hybridized carbons (Fsp3) is 0.900. The maximum absolute atomic E-state index is 13.2. The van der Waals surface area contributed by atoms with Crippen LogP contribution in [0.15, 0.2) is 12.2 Å². The van der Waals surface area contributed by atoms with Crippen LogP contribution in [0, 0.1) is 35.0 Å². The molecule has 124 valence electrons. The highest BCUT2D eigenvalue weighted by Crippen LogP contribution is 2.64. The van der Waals surface area contributed by atoms with Gasteiger partial charge in [-0.1, -0.05) is 19.1 Å². The second kappa shape index (κ2) is 5.06. The third-order valence-corrected chi connectivity index (χ3v) is 8.31. The van der Waals surface area contributed by atoms with E-state index in [1.807, 2.05) is 0 Å². The van der Waals surface area contributed by atoms with Gasteiger partial charge in [-0.3, -0.25) is 0 Å². The first-order valence-corrected chi connectivity index (χ1v) is 9.43. The number of rotatable bonds is 1. The molecule has 4 saturated carbocycles. The second-order valence-corrected chi connectivity index (χ2v) is 9.13. The Morgan fingerprint density at radius 3 is 2.64 bits per heavy atom. The molecule has 0 aliphatic heterocycles. The zero-order valence-corrected chi connectivity index (χ0v) is 14.0. The monoisotopic (exact) mass is 306 g/mol. The highest BCUT2D eigenvalue weighted by molar-refractivity contribution is 5.20. The number of aliphatic hydroxyl groups is 1. The summed E-state index contributed by atoms with van der Waals surface area (Å²) in [6.07, 6.45) is 10.2. The van der Waals surface area contributed by atoms with Crippen LogP contribution in [0.25, 0.3) is 0 Å². The van der Waals surface area contributed by atoms with Crippen LogP contribution in [-0.4, -0.2) is 17.4 Å². The molecule has 0 aromatic carbocycles. The number of fused-ring (bicyclic) bond motifs is 5. The highest BCUT2D eigenvalue weighted by Gasteiger charge is 2.55. The molecule has 2 heteroatoms. The zero-order chi connectivity index (χ0) is 15.5. The molecule has 4 fully saturated rings. The molecular formula is C20H31FO. The first-order valence-electron chi connectivity index (χ1n) is 9.43. The maximum atomic E-state index is 13.2. The van der Waals surface area contributed by atoms with E-state index >= 15 is 0 Å². The zero-order valence-electron chi connectivity index (χ0n) is 14.0. The van der Waals surface area contributed by atoms with Gasteiger partial charge in [-0.05, 0) is 92.8 Å². The standard InChI is InChI=1S/C20H31FO/c1-13-3-6-18-17-5-4-14-11-20(22,12-21)10-8-15(14)16(17)7-9-19(13,18)2/h14-18,22H,1,3-12H2,2H3/t14-,15+,16-,17-,18+,19-,20+/m1/s1. The Bertz CT molecular complexity index is 474. The van der Waals surface area contributed by atoms with E-state index in [1.54, 1.807) is 0 Å². The number of hydrogen-bond acceptors (Lipinski definition) is 1. The summed E-state index contributed by atoms with van der Waals surface area (Å²) >= 11 is 0. The molecule has 1 nitrogen and oxygen atoms in total. The van der Waals surface area contributed by atoms with E-state index in [-0.39, 0.29) is 0 Å². The van der Waals surface area contributed by atoms with Crippen molar-refractivity contribution < 1.29 is 9.50 Å². The fourth-order valence-electron chi connectivity index (χ4n) is 6.99. The molecule has 1 N–H and O–H groups in total. The van der Waals surface area contributed by atoms with Crippen molar-refractivity contribution in [2.45, 2.75) is 70.3 Å². The van der Waals surface area contributed by atoms with Crippen molar-refractivity contribution in [1.29, 1.82) is 0 Å². The van der Waals surface area contributed by atoms with Crippen LogP contribution in [0.2, 0.25) is 0 Å². The molecule has 4 rings (SSSR count). The summed E-state index contributed by atoms with van der Waals surface area (Å²) in [5, 5.41) is 10.4. The van der Waals surface area contributed by atoms with Crippen LogP contribution < -0.4 is 0 Å². The van der Waals surface area contributed by atoms with Gasteiger partial charge in [0, 0.05) is 0 Å². The molecule has 4 aliphatic rings. The summed E-state index contributed by atoms with van der Waals surface area (Å²) in [6, 6.07) is 0. The van der Waals surface area contributed by atoms with Gasteiger partial charge in [0.15, 0.2) is 0 Å². The van der Waals surface area contributed by atoms with E-state index < -0.39 is 12.3 Å². The normalized spacial score (nSPS) is 54.5. The molecule has 0 spiro atoms. The van der Waals surface area contributed by atoms with Crippen LogP contribution in [-0.2, 0) is 0 Å². The molecule has 0 heterocycles. The van der Waals surface area contributed by atoms with Gasteiger partial charge >= 0.3 is 0 Å². The van der Waals surface area contributed by atoms with Crippen molar-refractivity contribution >= 4 is 0 Å². The lowest BCUT2D eigenvalue weighted by Gasteiger charge is -2.56. The molecule has 0 aromatic heterocycles. The minimum Gasteiger partial charge on any atom is -0.387 e. The summed E-state index contributed by atoms with van der Waals surface area (Å²) in [7, 11) is 0. The number of halogens is 1. The number of hydrogen-bond donors (Lipinski definition) is 1. The SMILES string of the molecule is C=C1CC[C@H]2[C@@H]3CC[C@@H]4C[C@](O)(CF)CC[C@@H]4[C@H]3CC[C@]12C. The summed E-state index contributed by atoms with van der Waals surface area (Å²) in [6.45, 7) is 6.30. The summed E-state index contributed by atoms with van der Waals surface area (Å²) < 4.78 is 13.2. The van der Waals surface area contributed by atoms with Crippen molar-refractivity contribution in [3.8, 4) is 0 Å². The molecule has 7 atom stereocenters. The Morgan fingerprint density at radius 1 is 1.09 bits per heavy atom. The quantitative estimate of drug-likeness (QED) is 0.683. The third kappa shape index (κ3) is 2.05. The van der Waals surface area contributed by atoms with Gasteiger partial charge in [0.1, 0.15) is 6.67 Å². The highest BCUT2D eigenvalue weighted by atomic mass is 19.1. The molecule has 0 bridgehead atoms. The Kier molecular flexibility index (Phi) is 3.49. The molecule has 0 amide bonds. The minimum atomic E-state index is -1.00. The van der Waals surface area contributed by atoms with Crippen molar-refractivity contribution in [3.05, 3.63) is 12.2 Å². The topological polar surface area (TPSA) is 20.2 Å². The molecular weight excluding hydrogens is 275 g/mol. The summed E-state index contributed by atoms with van der Waals surface area (Å²) in [4.78, 5) is 0. The lowest BCUT2D eigenvalue weighted by atomic mass is 9.49. The van der Waals surface area contributed by atoms with E-state index in [4.69, 9.17) is 0 Å². The van der Waals surface area contributed by atoms with Crippen LogP contribution in [0.1, 0.15) is 64.7 Å². The average molecular weight is 306 g/mol. The molecule has 0 saturated heterocycles. The smallest absolute Gasteiger partial charge is 0.118 e. The Labute approximate surface area is 134 Å². The molecule has 4 aliphatic carbocycles. The fourth-order valence-corrected chi connectivity index (χ4v) is 6.99. The molecule has 22 heavy (non-hydrogen) atoms. The van der Waals surface area contributed by atoms with Gasteiger partial charge in [-0.2, -0.15) is 0 Å². The molecule has 0 aromatic rings. The van der Waals surface area contributed by atoms with Crippen LogP contribution >= 0.6 is 0 Å². The second-order valence-electron chi connectivity index (χ2n) is 9.13. The van der Waals surface area contributed by atoms with E-state index in [2.05, 4.69) is 13.5 Å². The molecule has 0 radical (unpaired) electrons. The van der Waals surface area contributed by atoms with Crippen molar-refractivity contribution in [3.63, 3.8) is 0 Å².